The van der Waals surface area contributed by atoms with Crippen LogP contribution in [0.5, 0.6) is 5.75 Å². The number of hydrazone groups is 1. The molecule has 1 N–H and O–H groups in total. The van der Waals surface area contributed by atoms with Crippen LogP contribution >= 0.6 is 22.9 Å². The maximum atomic E-state index is 5.93. The normalized spacial score (nSPS) is 10.9. The molecule has 0 spiro atoms. The van der Waals surface area contributed by atoms with Gasteiger partial charge in [-0.05, 0) is 42.0 Å². The van der Waals surface area contributed by atoms with Gasteiger partial charge in [-0.25, -0.2) is 4.98 Å². The van der Waals surface area contributed by atoms with E-state index >= 15 is 0 Å². The zero-order valence-electron chi connectivity index (χ0n) is 12.4. The summed E-state index contributed by atoms with van der Waals surface area (Å²) in [6.07, 6.45) is 1.71. The molecule has 2 aromatic carbocycles. The van der Waals surface area contributed by atoms with Crippen molar-refractivity contribution in [3.05, 3.63) is 64.5 Å². The third-order valence-electron chi connectivity index (χ3n) is 3.11. The molecular weight excluding hydrogens is 330 g/mol. The van der Waals surface area contributed by atoms with Crippen molar-refractivity contribution in [3.63, 3.8) is 0 Å². The van der Waals surface area contributed by atoms with E-state index in [1.54, 1.807) is 13.3 Å². The molecule has 3 rings (SSSR count). The SMILES string of the molecule is COc1ccc(-c2csc(N/N=C/c3cccc(Cl)c3)n2)cc1. The zero-order chi connectivity index (χ0) is 16.1. The van der Waals surface area contributed by atoms with E-state index in [0.29, 0.717) is 5.02 Å². The first kappa shape index (κ1) is 15.5. The summed E-state index contributed by atoms with van der Waals surface area (Å²) in [5, 5.41) is 7.58. The molecule has 1 heterocycles. The number of rotatable bonds is 5. The Morgan fingerprint density at radius 3 is 2.78 bits per heavy atom. The summed E-state index contributed by atoms with van der Waals surface area (Å²) in [4.78, 5) is 4.51. The Hall–Kier alpha value is -2.37. The van der Waals surface area contributed by atoms with Crippen molar-refractivity contribution in [2.45, 2.75) is 0 Å². The highest BCUT2D eigenvalue weighted by atomic mass is 35.5. The monoisotopic (exact) mass is 343 g/mol. The zero-order valence-corrected chi connectivity index (χ0v) is 13.9. The Bertz CT molecular complexity index is 815. The van der Waals surface area contributed by atoms with Crippen LogP contribution in [0.1, 0.15) is 5.56 Å². The molecule has 0 bridgehead atoms. The average molecular weight is 344 g/mol. The van der Waals surface area contributed by atoms with E-state index < -0.39 is 0 Å². The summed E-state index contributed by atoms with van der Waals surface area (Å²) in [5.74, 6) is 0.827. The lowest BCUT2D eigenvalue weighted by Gasteiger charge is -2.00. The van der Waals surface area contributed by atoms with Crippen molar-refractivity contribution in [3.8, 4) is 17.0 Å². The summed E-state index contributed by atoms with van der Waals surface area (Å²) >= 11 is 7.43. The summed E-state index contributed by atoms with van der Waals surface area (Å²) in [7, 11) is 1.65. The molecule has 23 heavy (non-hydrogen) atoms. The minimum Gasteiger partial charge on any atom is -0.497 e. The van der Waals surface area contributed by atoms with Crippen LogP contribution in [0, 0.1) is 0 Å². The van der Waals surface area contributed by atoms with Crippen LogP contribution in [0.25, 0.3) is 11.3 Å². The first-order valence-corrected chi connectivity index (χ1v) is 8.15. The Balaban J connectivity index is 1.67. The van der Waals surface area contributed by atoms with Gasteiger partial charge in [0.05, 0.1) is 19.0 Å². The van der Waals surface area contributed by atoms with Crippen LogP contribution in [0.15, 0.2) is 59.0 Å². The second kappa shape index (κ2) is 7.26. The molecule has 0 atom stereocenters. The van der Waals surface area contributed by atoms with Crippen LogP contribution in [0.3, 0.4) is 0 Å². The van der Waals surface area contributed by atoms with Crippen molar-refractivity contribution < 1.29 is 4.74 Å². The van der Waals surface area contributed by atoms with Crippen molar-refractivity contribution in [2.24, 2.45) is 5.10 Å². The number of benzene rings is 2. The van der Waals surface area contributed by atoms with Gasteiger partial charge in [-0.2, -0.15) is 5.10 Å². The minimum absolute atomic E-state index is 0.685. The summed E-state index contributed by atoms with van der Waals surface area (Å²) in [6, 6.07) is 15.3. The van der Waals surface area contributed by atoms with Gasteiger partial charge in [0, 0.05) is 16.0 Å². The Kier molecular flexibility index (Phi) is 4.90. The highest BCUT2D eigenvalue weighted by molar-refractivity contribution is 7.14. The van der Waals surface area contributed by atoms with Gasteiger partial charge in [0.2, 0.25) is 5.13 Å². The fraction of sp³-hybridized carbons (Fsp3) is 0.0588. The predicted molar refractivity (Wildman–Crippen MR) is 96.8 cm³/mol. The molecule has 0 radical (unpaired) electrons. The Morgan fingerprint density at radius 2 is 2.04 bits per heavy atom. The number of halogens is 1. The number of thiazole rings is 1. The number of aromatic nitrogens is 1. The van der Waals surface area contributed by atoms with Crippen LogP contribution in [0.2, 0.25) is 5.02 Å². The number of hydrogen-bond donors (Lipinski definition) is 1. The lowest BCUT2D eigenvalue weighted by molar-refractivity contribution is 0.415. The van der Waals surface area contributed by atoms with Gasteiger partial charge in [-0.3, -0.25) is 5.43 Å². The molecule has 3 aromatic rings. The fourth-order valence-electron chi connectivity index (χ4n) is 1.97. The topological polar surface area (TPSA) is 46.5 Å². The molecule has 0 fully saturated rings. The van der Waals surface area contributed by atoms with Crippen molar-refractivity contribution >= 4 is 34.3 Å². The third kappa shape index (κ3) is 4.09. The summed E-state index contributed by atoms with van der Waals surface area (Å²) < 4.78 is 5.16. The van der Waals surface area contributed by atoms with E-state index in [0.717, 1.165) is 27.7 Å². The van der Waals surface area contributed by atoms with Crippen LogP contribution < -0.4 is 10.2 Å². The van der Waals surface area contributed by atoms with E-state index in [4.69, 9.17) is 16.3 Å². The number of hydrogen-bond acceptors (Lipinski definition) is 5. The summed E-state index contributed by atoms with van der Waals surface area (Å²) in [6.45, 7) is 0. The second-order valence-electron chi connectivity index (χ2n) is 4.69. The lowest BCUT2D eigenvalue weighted by atomic mass is 10.2. The molecule has 4 nitrogen and oxygen atoms in total. The molecule has 0 saturated carbocycles. The van der Waals surface area contributed by atoms with Crippen molar-refractivity contribution in [1.29, 1.82) is 0 Å². The molecular formula is C17H14ClN3OS. The van der Waals surface area contributed by atoms with Gasteiger partial charge in [0.15, 0.2) is 0 Å². The smallest absolute Gasteiger partial charge is 0.203 e. The number of ether oxygens (including phenoxy) is 1. The largest absolute Gasteiger partial charge is 0.497 e. The minimum atomic E-state index is 0.685. The van der Waals surface area contributed by atoms with Crippen molar-refractivity contribution in [2.75, 3.05) is 12.5 Å². The fourth-order valence-corrected chi connectivity index (χ4v) is 2.84. The van der Waals surface area contributed by atoms with Gasteiger partial charge in [0.25, 0.3) is 0 Å². The number of methoxy groups -OCH3 is 1. The van der Waals surface area contributed by atoms with Crippen LogP contribution in [-0.4, -0.2) is 18.3 Å². The van der Waals surface area contributed by atoms with Crippen LogP contribution in [0.4, 0.5) is 5.13 Å². The van der Waals surface area contributed by atoms with E-state index in [1.165, 1.54) is 11.3 Å². The summed E-state index contributed by atoms with van der Waals surface area (Å²) in [5.41, 5.74) is 5.80. The Labute approximate surface area is 143 Å². The van der Waals surface area contributed by atoms with Gasteiger partial charge in [-0.1, -0.05) is 23.7 Å². The van der Waals surface area contributed by atoms with E-state index in [1.807, 2.05) is 53.9 Å². The van der Waals surface area contributed by atoms with Crippen LogP contribution in [-0.2, 0) is 0 Å². The third-order valence-corrected chi connectivity index (χ3v) is 4.09. The number of nitrogens with zero attached hydrogens (tertiary/aromatic N) is 2. The quantitative estimate of drug-likeness (QED) is 0.528. The van der Waals surface area contributed by atoms with Gasteiger partial charge >= 0.3 is 0 Å². The number of nitrogens with one attached hydrogen (secondary N) is 1. The first-order valence-electron chi connectivity index (χ1n) is 6.89. The predicted octanol–water partition coefficient (Wildman–Crippen LogP) is 4.92. The first-order chi connectivity index (χ1) is 11.2. The van der Waals surface area contributed by atoms with E-state index in [-0.39, 0.29) is 0 Å². The van der Waals surface area contributed by atoms with E-state index in [9.17, 15) is 0 Å². The molecule has 0 aliphatic heterocycles. The molecule has 0 aliphatic rings. The van der Waals surface area contributed by atoms with Gasteiger partial charge in [-0.15, -0.1) is 11.3 Å². The molecule has 116 valence electrons. The lowest BCUT2D eigenvalue weighted by Crippen LogP contribution is -1.90. The molecule has 0 saturated heterocycles. The number of anilines is 1. The van der Waals surface area contributed by atoms with E-state index in [2.05, 4.69) is 15.5 Å². The highest BCUT2D eigenvalue weighted by Gasteiger charge is 2.04. The van der Waals surface area contributed by atoms with Crippen molar-refractivity contribution in [1.82, 2.24) is 4.98 Å². The molecule has 0 aliphatic carbocycles. The second-order valence-corrected chi connectivity index (χ2v) is 5.99. The molecule has 0 amide bonds. The standard InChI is InChI=1S/C17H14ClN3OS/c1-22-15-7-5-13(6-8-15)16-11-23-17(20-16)21-19-10-12-3-2-4-14(18)9-12/h2-11H,1H3,(H,20,21)/b19-10+. The molecule has 6 heteroatoms. The maximum Gasteiger partial charge on any atom is 0.203 e. The van der Waals surface area contributed by atoms with Gasteiger partial charge < -0.3 is 4.74 Å². The average Bonchev–Trinajstić information content (AvgIpc) is 3.04. The maximum absolute atomic E-state index is 5.93. The molecule has 0 unspecified atom stereocenters. The Morgan fingerprint density at radius 1 is 1.22 bits per heavy atom. The highest BCUT2D eigenvalue weighted by Crippen LogP contribution is 2.26. The van der Waals surface area contributed by atoms with Gasteiger partial charge in [0.1, 0.15) is 5.75 Å². The molecule has 1 aromatic heterocycles.